The molecule has 0 bridgehead atoms. The van der Waals surface area contributed by atoms with Crippen LogP contribution >= 0.6 is 0 Å². The van der Waals surface area contributed by atoms with E-state index >= 15 is 0 Å². The Labute approximate surface area is 168 Å². The van der Waals surface area contributed by atoms with Gasteiger partial charge in [0.1, 0.15) is 5.76 Å². The second-order valence-electron chi connectivity index (χ2n) is 9.99. The average molecular weight is 386 g/mol. The van der Waals surface area contributed by atoms with Gasteiger partial charge in [-0.2, -0.15) is 0 Å². The molecule has 4 aliphatic rings. The van der Waals surface area contributed by atoms with Gasteiger partial charge in [0, 0.05) is 31.0 Å². The van der Waals surface area contributed by atoms with Gasteiger partial charge in [-0.3, -0.25) is 4.79 Å². The third-order valence-corrected chi connectivity index (χ3v) is 7.79. The zero-order valence-corrected chi connectivity index (χ0v) is 17.2. The topological polar surface area (TPSA) is 49.6 Å². The zero-order chi connectivity index (χ0) is 19.0. The van der Waals surface area contributed by atoms with Gasteiger partial charge >= 0.3 is 0 Å². The maximum atomic E-state index is 13.1. The number of hydrogen-bond donors (Lipinski definition) is 0. The molecule has 154 valence electrons. The summed E-state index contributed by atoms with van der Waals surface area (Å²) in [6, 6.07) is 0. The summed E-state index contributed by atoms with van der Waals surface area (Å²) < 4.78 is 5.55. The minimum Gasteiger partial charge on any atom is -0.447 e. The summed E-state index contributed by atoms with van der Waals surface area (Å²) in [7, 11) is 0. The van der Waals surface area contributed by atoms with Crippen LogP contribution < -0.4 is 0 Å². The van der Waals surface area contributed by atoms with Crippen LogP contribution in [0.25, 0.3) is 0 Å². The Morgan fingerprint density at radius 2 is 1.93 bits per heavy atom. The Morgan fingerprint density at radius 3 is 2.75 bits per heavy atom. The van der Waals surface area contributed by atoms with E-state index in [-0.39, 0.29) is 5.91 Å². The molecule has 3 heterocycles. The van der Waals surface area contributed by atoms with Crippen molar-refractivity contribution in [3.63, 3.8) is 0 Å². The summed E-state index contributed by atoms with van der Waals surface area (Å²) in [4.78, 5) is 22.1. The number of oxazole rings is 1. The number of piperidine rings is 1. The second kappa shape index (κ2) is 7.81. The number of nitrogens with zero attached hydrogens (tertiary/aromatic N) is 3. The molecule has 1 atom stereocenters. The maximum absolute atomic E-state index is 13.1. The molecule has 28 heavy (non-hydrogen) atoms. The first kappa shape index (κ1) is 18.7. The number of carbonyl (C=O) groups excluding carboxylic acids is 1. The average Bonchev–Trinajstić information content (AvgIpc) is 3.32. The van der Waals surface area contributed by atoms with E-state index in [1.54, 1.807) is 0 Å². The number of hydrogen-bond acceptors (Lipinski definition) is 4. The zero-order valence-electron chi connectivity index (χ0n) is 17.2. The standard InChI is InChI=1S/C23H35N3O2/c27-22(20-21(19-7-8-19)28-17-24-20)26-14-11-23(16-26)10-4-12-25(15-23)13-9-18-5-2-1-3-6-18/h17-19H,1-16H2/t23-/m1/s1. The van der Waals surface area contributed by atoms with Gasteiger partial charge in [0.05, 0.1) is 0 Å². The molecule has 2 saturated carbocycles. The van der Waals surface area contributed by atoms with Crippen LogP contribution in [0.1, 0.15) is 92.8 Å². The molecule has 0 N–H and O–H groups in total. The number of amides is 1. The van der Waals surface area contributed by atoms with Gasteiger partial charge in [-0.1, -0.05) is 32.1 Å². The van der Waals surface area contributed by atoms with Crippen LogP contribution in [-0.2, 0) is 0 Å². The highest BCUT2D eigenvalue weighted by molar-refractivity contribution is 5.93. The molecular formula is C23H35N3O2. The van der Waals surface area contributed by atoms with Gasteiger partial charge in [0.25, 0.3) is 5.91 Å². The quantitative estimate of drug-likeness (QED) is 0.751. The molecule has 1 aromatic heterocycles. The van der Waals surface area contributed by atoms with Crippen LogP contribution in [0.15, 0.2) is 10.8 Å². The van der Waals surface area contributed by atoms with Crippen molar-refractivity contribution in [3.8, 4) is 0 Å². The third kappa shape index (κ3) is 3.87. The van der Waals surface area contributed by atoms with Crippen molar-refractivity contribution in [1.82, 2.24) is 14.8 Å². The Bertz CT molecular complexity index is 692. The molecule has 1 spiro atoms. The van der Waals surface area contributed by atoms with E-state index in [9.17, 15) is 4.79 Å². The number of likely N-dealkylation sites (tertiary alicyclic amines) is 2. The van der Waals surface area contributed by atoms with E-state index < -0.39 is 0 Å². The van der Waals surface area contributed by atoms with Gasteiger partial charge in [0.2, 0.25) is 0 Å². The van der Waals surface area contributed by atoms with Crippen LogP contribution in [0.2, 0.25) is 0 Å². The lowest BCUT2D eigenvalue weighted by atomic mass is 9.79. The lowest BCUT2D eigenvalue weighted by Crippen LogP contribution is -2.46. The van der Waals surface area contributed by atoms with Gasteiger partial charge in [-0.15, -0.1) is 0 Å². The summed E-state index contributed by atoms with van der Waals surface area (Å²) in [5, 5.41) is 0. The van der Waals surface area contributed by atoms with Crippen molar-refractivity contribution in [2.45, 2.75) is 76.5 Å². The molecular weight excluding hydrogens is 350 g/mol. The summed E-state index contributed by atoms with van der Waals surface area (Å²) in [6.45, 7) is 5.47. The molecule has 2 aliphatic carbocycles. The predicted molar refractivity (Wildman–Crippen MR) is 108 cm³/mol. The highest BCUT2D eigenvalue weighted by Gasteiger charge is 2.44. The Morgan fingerprint density at radius 1 is 1.07 bits per heavy atom. The minimum absolute atomic E-state index is 0.104. The molecule has 1 amide bonds. The van der Waals surface area contributed by atoms with Crippen LogP contribution in [-0.4, -0.2) is 53.4 Å². The van der Waals surface area contributed by atoms with Crippen molar-refractivity contribution >= 4 is 5.91 Å². The van der Waals surface area contributed by atoms with Crippen molar-refractivity contribution in [3.05, 3.63) is 17.8 Å². The van der Waals surface area contributed by atoms with Crippen LogP contribution in [0, 0.1) is 11.3 Å². The molecule has 4 fully saturated rings. The largest absolute Gasteiger partial charge is 0.447 e. The molecule has 0 unspecified atom stereocenters. The molecule has 5 rings (SSSR count). The smallest absolute Gasteiger partial charge is 0.276 e. The number of rotatable bonds is 5. The van der Waals surface area contributed by atoms with Crippen LogP contribution in [0.5, 0.6) is 0 Å². The fourth-order valence-electron chi connectivity index (χ4n) is 5.98. The molecule has 5 nitrogen and oxygen atoms in total. The lowest BCUT2D eigenvalue weighted by molar-refractivity contribution is 0.0668. The predicted octanol–water partition coefficient (Wildman–Crippen LogP) is 4.45. The van der Waals surface area contributed by atoms with Crippen molar-refractivity contribution in [2.75, 3.05) is 32.7 Å². The van der Waals surface area contributed by atoms with E-state index in [1.807, 2.05) is 0 Å². The number of carbonyl (C=O) groups is 1. The SMILES string of the molecule is O=C(c1ncoc1C1CC1)N1CC[C@@]2(CCCN(CCC3CCCCC3)C2)C1. The van der Waals surface area contributed by atoms with E-state index in [0.717, 1.165) is 44.0 Å². The molecule has 0 radical (unpaired) electrons. The van der Waals surface area contributed by atoms with Crippen LogP contribution in [0.3, 0.4) is 0 Å². The first-order valence-electron chi connectivity index (χ1n) is 11.7. The Hall–Kier alpha value is -1.36. The summed E-state index contributed by atoms with van der Waals surface area (Å²) >= 11 is 0. The molecule has 2 aliphatic heterocycles. The number of aromatic nitrogens is 1. The minimum atomic E-state index is 0.104. The van der Waals surface area contributed by atoms with Crippen molar-refractivity contribution in [2.24, 2.45) is 11.3 Å². The van der Waals surface area contributed by atoms with E-state index in [4.69, 9.17) is 4.42 Å². The fourth-order valence-corrected chi connectivity index (χ4v) is 5.98. The molecule has 0 aromatic carbocycles. The fraction of sp³-hybridized carbons (Fsp3) is 0.826. The van der Waals surface area contributed by atoms with Gasteiger partial charge in [0.15, 0.2) is 12.1 Å². The molecule has 5 heteroatoms. The van der Waals surface area contributed by atoms with E-state index in [2.05, 4.69) is 14.8 Å². The molecule has 1 aromatic rings. The molecule has 2 saturated heterocycles. The normalized spacial score (nSPS) is 29.6. The van der Waals surface area contributed by atoms with E-state index in [1.165, 1.54) is 77.4 Å². The highest BCUT2D eigenvalue weighted by atomic mass is 16.3. The first-order chi connectivity index (χ1) is 13.7. The van der Waals surface area contributed by atoms with Gasteiger partial charge in [-0.25, -0.2) is 4.98 Å². The summed E-state index contributed by atoms with van der Waals surface area (Å²) in [5.74, 6) is 2.33. The van der Waals surface area contributed by atoms with Crippen molar-refractivity contribution < 1.29 is 9.21 Å². The monoisotopic (exact) mass is 385 g/mol. The maximum Gasteiger partial charge on any atom is 0.276 e. The highest BCUT2D eigenvalue weighted by Crippen LogP contribution is 2.43. The second-order valence-corrected chi connectivity index (χ2v) is 9.99. The summed E-state index contributed by atoms with van der Waals surface area (Å²) in [5.41, 5.74) is 0.897. The Kier molecular flexibility index (Phi) is 5.20. The lowest BCUT2D eigenvalue weighted by Gasteiger charge is -2.41. The van der Waals surface area contributed by atoms with Gasteiger partial charge < -0.3 is 14.2 Å². The first-order valence-corrected chi connectivity index (χ1v) is 11.7. The van der Waals surface area contributed by atoms with Crippen molar-refractivity contribution in [1.29, 1.82) is 0 Å². The summed E-state index contributed by atoms with van der Waals surface area (Å²) in [6.07, 6.45) is 16.0. The van der Waals surface area contributed by atoms with Gasteiger partial charge in [-0.05, 0) is 57.5 Å². The van der Waals surface area contributed by atoms with E-state index in [0.29, 0.717) is 17.0 Å². The Balaban J connectivity index is 1.18. The third-order valence-electron chi connectivity index (χ3n) is 7.79. The van der Waals surface area contributed by atoms with Crippen LogP contribution in [0.4, 0.5) is 0 Å².